The lowest BCUT2D eigenvalue weighted by Gasteiger charge is -2.18. The molecule has 1 aromatic rings. The Morgan fingerprint density at radius 1 is 1.24 bits per heavy atom. The van der Waals surface area contributed by atoms with Gasteiger partial charge in [0, 0.05) is 13.1 Å². The number of nitrogens with two attached hydrogens (primary N) is 1. The standard InChI is InChI=1S/C10H14F4N6O/c11-6(12)10(13,14)5-21-9-17-7(19-15)16-8(18-9)20-3-1-2-4-20/h6H,1-5,15H2,(H,16,17,18,19). The Kier molecular flexibility index (Phi) is 4.60. The van der Waals surface area contributed by atoms with Crippen molar-refractivity contribution in [2.24, 2.45) is 5.84 Å². The first-order chi connectivity index (χ1) is 9.92. The van der Waals surface area contributed by atoms with Crippen LogP contribution < -0.4 is 20.9 Å². The van der Waals surface area contributed by atoms with Crippen molar-refractivity contribution in [2.45, 2.75) is 25.2 Å². The molecule has 0 unspecified atom stereocenters. The summed E-state index contributed by atoms with van der Waals surface area (Å²) < 4.78 is 54.3. The number of hydrogen-bond acceptors (Lipinski definition) is 7. The minimum atomic E-state index is -4.28. The van der Waals surface area contributed by atoms with Crippen LogP contribution >= 0.6 is 0 Å². The van der Waals surface area contributed by atoms with Crippen LogP contribution in [-0.2, 0) is 0 Å². The van der Waals surface area contributed by atoms with Crippen molar-refractivity contribution < 1.29 is 22.3 Å². The van der Waals surface area contributed by atoms with Crippen LogP contribution in [0, 0.1) is 0 Å². The van der Waals surface area contributed by atoms with E-state index < -0.39 is 25.0 Å². The number of rotatable bonds is 6. The Hall–Kier alpha value is -1.91. The molecule has 0 radical (unpaired) electrons. The molecular formula is C10H14F4N6O. The number of aromatic nitrogens is 3. The lowest BCUT2D eigenvalue weighted by Crippen LogP contribution is -2.34. The van der Waals surface area contributed by atoms with Gasteiger partial charge in [-0.2, -0.15) is 23.7 Å². The normalized spacial score (nSPS) is 15.6. The van der Waals surface area contributed by atoms with Crippen molar-refractivity contribution in [1.29, 1.82) is 0 Å². The molecule has 3 N–H and O–H groups in total. The Bertz CT molecular complexity index is 483. The van der Waals surface area contributed by atoms with Gasteiger partial charge in [0.05, 0.1) is 0 Å². The van der Waals surface area contributed by atoms with E-state index in [4.69, 9.17) is 5.84 Å². The predicted octanol–water partition coefficient (Wildman–Crippen LogP) is 1.04. The lowest BCUT2D eigenvalue weighted by molar-refractivity contribution is -0.149. The molecule has 0 aromatic carbocycles. The van der Waals surface area contributed by atoms with E-state index in [2.05, 4.69) is 25.1 Å². The highest BCUT2D eigenvalue weighted by Gasteiger charge is 2.42. The maximum atomic E-state index is 12.8. The molecule has 0 saturated carbocycles. The molecule has 21 heavy (non-hydrogen) atoms. The van der Waals surface area contributed by atoms with Crippen LogP contribution in [0.2, 0.25) is 0 Å². The summed E-state index contributed by atoms with van der Waals surface area (Å²) >= 11 is 0. The fourth-order valence-corrected chi connectivity index (χ4v) is 1.76. The molecule has 1 aliphatic heterocycles. The number of nitrogens with one attached hydrogen (secondary N) is 1. The van der Waals surface area contributed by atoms with E-state index in [0.717, 1.165) is 12.8 Å². The van der Waals surface area contributed by atoms with Crippen molar-refractivity contribution in [3.63, 3.8) is 0 Å². The molecule has 0 spiro atoms. The Balaban J connectivity index is 2.13. The summed E-state index contributed by atoms with van der Waals surface area (Å²) in [7, 11) is 0. The van der Waals surface area contributed by atoms with Gasteiger partial charge in [0.2, 0.25) is 11.9 Å². The summed E-state index contributed by atoms with van der Waals surface area (Å²) in [5.74, 6) is 0.995. The first-order valence-corrected chi connectivity index (χ1v) is 6.19. The van der Waals surface area contributed by atoms with Crippen LogP contribution in [0.5, 0.6) is 6.01 Å². The van der Waals surface area contributed by atoms with E-state index in [9.17, 15) is 17.6 Å². The zero-order valence-electron chi connectivity index (χ0n) is 10.9. The zero-order chi connectivity index (χ0) is 15.5. The molecule has 1 saturated heterocycles. The summed E-state index contributed by atoms with van der Waals surface area (Å²) in [6.45, 7) is -0.139. The van der Waals surface area contributed by atoms with Crippen LogP contribution in [0.25, 0.3) is 0 Å². The number of halogens is 4. The van der Waals surface area contributed by atoms with Gasteiger partial charge in [-0.25, -0.2) is 14.6 Å². The minimum absolute atomic E-state index is 0.0951. The first-order valence-electron chi connectivity index (χ1n) is 6.19. The quantitative estimate of drug-likeness (QED) is 0.461. The van der Waals surface area contributed by atoms with E-state index >= 15 is 0 Å². The number of hydrazine groups is 1. The lowest BCUT2D eigenvalue weighted by atomic mass is 10.4. The highest BCUT2D eigenvalue weighted by Crippen LogP contribution is 2.24. The van der Waals surface area contributed by atoms with E-state index in [1.165, 1.54) is 0 Å². The highest BCUT2D eigenvalue weighted by atomic mass is 19.3. The zero-order valence-corrected chi connectivity index (χ0v) is 10.9. The SMILES string of the molecule is NNc1nc(OCC(F)(F)C(F)F)nc(N2CCCC2)n1. The largest absolute Gasteiger partial charge is 0.457 e. The number of ether oxygens (including phenoxy) is 1. The van der Waals surface area contributed by atoms with E-state index in [0.29, 0.717) is 13.1 Å². The van der Waals surface area contributed by atoms with Gasteiger partial charge in [-0.3, -0.25) is 5.43 Å². The molecule has 1 fully saturated rings. The third-order valence-corrected chi connectivity index (χ3v) is 2.83. The third kappa shape index (κ3) is 3.80. The topological polar surface area (TPSA) is 89.2 Å². The Labute approximate surface area is 117 Å². The number of nitrogens with zero attached hydrogens (tertiary/aromatic N) is 4. The van der Waals surface area contributed by atoms with Crippen molar-refractivity contribution in [3.05, 3.63) is 0 Å². The first kappa shape index (κ1) is 15.5. The summed E-state index contributed by atoms with van der Waals surface area (Å²) in [4.78, 5) is 13.2. The molecule has 7 nitrogen and oxygen atoms in total. The Morgan fingerprint density at radius 3 is 2.48 bits per heavy atom. The summed E-state index contributed by atoms with van der Waals surface area (Å²) in [5.41, 5.74) is 2.15. The summed E-state index contributed by atoms with van der Waals surface area (Å²) in [6, 6.07) is -0.486. The number of hydrogen-bond donors (Lipinski definition) is 2. The third-order valence-electron chi connectivity index (χ3n) is 2.83. The Morgan fingerprint density at radius 2 is 1.90 bits per heavy atom. The molecular weight excluding hydrogens is 296 g/mol. The second kappa shape index (κ2) is 6.24. The fraction of sp³-hybridized carbons (Fsp3) is 0.700. The van der Waals surface area contributed by atoms with Gasteiger partial charge in [-0.15, -0.1) is 0 Å². The van der Waals surface area contributed by atoms with Crippen LogP contribution in [0.4, 0.5) is 29.5 Å². The smallest absolute Gasteiger partial charge is 0.340 e. The molecule has 0 atom stereocenters. The van der Waals surface area contributed by atoms with Crippen LogP contribution in [0.1, 0.15) is 12.8 Å². The van der Waals surface area contributed by atoms with Gasteiger partial charge in [-0.1, -0.05) is 0 Å². The van der Waals surface area contributed by atoms with Gasteiger partial charge in [-0.05, 0) is 12.8 Å². The fourth-order valence-electron chi connectivity index (χ4n) is 1.76. The van der Waals surface area contributed by atoms with Crippen molar-refractivity contribution in [1.82, 2.24) is 15.0 Å². The maximum absolute atomic E-state index is 12.8. The molecule has 1 aromatic heterocycles. The average Bonchev–Trinajstić information content (AvgIpc) is 2.99. The summed E-state index contributed by atoms with van der Waals surface area (Å²) in [5, 5.41) is 0. The van der Waals surface area contributed by atoms with Crippen LogP contribution in [-0.4, -0.2) is 47.0 Å². The second-order valence-corrected chi connectivity index (χ2v) is 4.43. The van der Waals surface area contributed by atoms with Gasteiger partial charge >= 0.3 is 18.4 Å². The summed E-state index contributed by atoms with van der Waals surface area (Å²) in [6.07, 6.45) is -1.95. The van der Waals surface area contributed by atoms with Crippen molar-refractivity contribution >= 4 is 11.9 Å². The average molecular weight is 310 g/mol. The number of anilines is 2. The van der Waals surface area contributed by atoms with Gasteiger partial charge in [0.15, 0.2) is 6.61 Å². The molecule has 2 rings (SSSR count). The van der Waals surface area contributed by atoms with Crippen molar-refractivity contribution in [2.75, 3.05) is 30.0 Å². The number of nitrogen functional groups attached to an aromatic ring is 1. The minimum Gasteiger partial charge on any atom is -0.457 e. The van der Waals surface area contributed by atoms with Crippen molar-refractivity contribution in [3.8, 4) is 6.01 Å². The maximum Gasteiger partial charge on any atom is 0.340 e. The van der Waals surface area contributed by atoms with E-state index in [-0.39, 0.29) is 11.9 Å². The predicted molar refractivity (Wildman–Crippen MR) is 65.5 cm³/mol. The van der Waals surface area contributed by atoms with Gasteiger partial charge in [0.25, 0.3) is 0 Å². The van der Waals surface area contributed by atoms with Gasteiger partial charge < -0.3 is 9.64 Å². The molecule has 1 aliphatic rings. The van der Waals surface area contributed by atoms with Crippen LogP contribution in [0.15, 0.2) is 0 Å². The molecule has 0 aliphatic carbocycles. The van der Waals surface area contributed by atoms with Crippen LogP contribution in [0.3, 0.4) is 0 Å². The second-order valence-electron chi connectivity index (χ2n) is 4.43. The monoisotopic (exact) mass is 310 g/mol. The van der Waals surface area contributed by atoms with E-state index in [1.54, 1.807) is 4.90 Å². The molecule has 0 amide bonds. The van der Waals surface area contributed by atoms with E-state index in [1.807, 2.05) is 0 Å². The molecule has 11 heteroatoms. The highest BCUT2D eigenvalue weighted by molar-refractivity contribution is 5.38. The molecule has 0 bridgehead atoms. The molecule has 118 valence electrons. The molecule has 2 heterocycles. The van der Waals surface area contributed by atoms with Gasteiger partial charge in [0.1, 0.15) is 0 Å². The number of alkyl halides is 4.